The molecule has 0 amide bonds. The van der Waals surface area contributed by atoms with Gasteiger partial charge in [-0.2, -0.15) is 12.6 Å². The van der Waals surface area contributed by atoms with Crippen LogP contribution in [-0.2, 0) is 19.1 Å². The first-order valence-electron chi connectivity index (χ1n) is 7.90. The van der Waals surface area contributed by atoms with Crippen LogP contribution in [0.4, 0.5) is 4.79 Å². The Labute approximate surface area is 162 Å². The van der Waals surface area contributed by atoms with Gasteiger partial charge in [0, 0.05) is 18.1 Å². The summed E-state index contributed by atoms with van der Waals surface area (Å²) in [6, 6.07) is 8.29. The number of ether oxygens (including phenoxy) is 2. The van der Waals surface area contributed by atoms with Gasteiger partial charge in [0.15, 0.2) is 0 Å². The molecular formula is C18H22O6S2. The summed E-state index contributed by atoms with van der Waals surface area (Å²) >= 11 is 4.75. The fourth-order valence-electron chi connectivity index (χ4n) is 1.89. The van der Waals surface area contributed by atoms with Crippen LogP contribution >= 0.6 is 24.4 Å². The zero-order valence-corrected chi connectivity index (χ0v) is 16.6. The number of carbonyl (C=O) groups excluding carboxylic acids is 4. The molecular weight excluding hydrogens is 376 g/mol. The number of esters is 1. The van der Waals surface area contributed by atoms with Crippen LogP contribution in [-0.4, -0.2) is 40.1 Å². The van der Waals surface area contributed by atoms with E-state index in [9.17, 15) is 19.2 Å². The average molecular weight is 399 g/mol. The van der Waals surface area contributed by atoms with Gasteiger partial charge < -0.3 is 9.47 Å². The van der Waals surface area contributed by atoms with E-state index in [0.717, 1.165) is 0 Å². The van der Waals surface area contributed by atoms with E-state index in [1.54, 1.807) is 44.2 Å². The molecule has 0 radical (unpaired) electrons. The third kappa shape index (κ3) is 7.21. The number of thiol groups is 1. The number of rotatable bonds is 9. The Bertz CT molecular complexity index is 657. The minimum Gasteiger partial charge on any atom is -0.424 e. The Kier molecular flexibility index (Phi) is 8.87. The highest BCUT2D eigenvalue weighted by Gasteiger charge is 2.34. The average Bonchev–Trinajstić information content (AvgIpc) is 2.59. The molecule has 0 aromatic heterocycles. The SMILES string of the molecule is CC(=O)[C@H](CS)CC(=O)C(C)(C)SC(=O)OCOC(=O)c1ccccc1. The summed E-state index contributed by atoms with van der Waals surface area (Å²) in [5, 5.41) is -0.741. The van der Waals surface area contributed by atoms with Crippen molar-refractivity contribution >= 4 is 47.2 Å². The van der Waals surface area contributed by atoms with Gasteiger partial charge in [0.2, 0.25) is 6.79 Å². The van der Waals surface area contributed by atoms with Crippen LogP contribution in [0.25, 0.3) is 0 Å². The van der Waals surface area contributed by atoms with Crippen LogP contribution < -0.4 is 0 Å². The molecule has 8 heteroatoms. The summed E-state index contributed by atoms with van der Waals surface area (Å²) < 4.78 is 8.63. The van der Waals surface area contributed by atoms with Crippen LogP contribution in [0.1, 0.15) is 37.6 Å². The molecule has 0 saturated carbocycles. The molecule has 0 N–H and O–H groups in total. The second-order valence-corrected chi connectivity index (χ2v) is 7.96. The zero-order chi connectivity index (χ0) is 19.7. The maximum atomic E-state index is 12.3. The maximum absolute atomic E-state index is 12.3. The standard InChI is InChI=1S/C18H22O6S2/c1-12(19)14(10-25)9-15(20)18(2,3)26-17(22)24-11-23-16(21)13-7-5-4-6-8-13/h4-8,14,25H,9-11H2,1-3H3/t14-/m0/s1. The molecule has 1 aromatic rings. The molecule has 0 aliphatic heterocycles. The number of thioether (sulfide) groups is 1. The van der Waals surface area contributed by atoms with Crippen LogP contribution in [0.15, 0.2) is 30.3 Å². The highest BCUT2D eigenvalue weighted by molar-refractivity contribution is 8.15. The first-order chi connectivity index (χ1) is 12.2. The van der Waals surface area contributed by atoms with E-state index in [4.69, 9.17) is 9.47 Å². The Morgan fingerprint density at radius 3 is 2.27 bits per heavy atom. The summed E-state index contributed by atoms with van der Waals surface area (Å²) in [6.07, 6.45) is 0.00903. The zero-order valence-electron chi connectivity index (χ0n) is 14.9. The molecule has 0 spiro atoms. The first kappa shape index (κ1) is 22.2. The van der Waals surface area contributed by atoms with Gasteiger partial charge >= 0.3 is 11.3 Å². The number of carbonyl (C=O) groups is 4. The lowest BCUT2D eigenvalue weighted by atomic mass is 9.94. The highest BCUT2D eigenvalue weighted by Crippen LogP contribution is 2.30. The van der Waals surface area contributed by atoms with Gasteiger partial charge in [0.1, 0.15) is 11.6 Å². The molecule has 0 bridgehead atoms. The second-order valence-electron chi connectivity index (χ2n) is 6.04. The number of Topliss-reactive ketones (excluding diaryl/α,β-unsaturated/α-hetero) is 2. The van der Waals surface area contributed by atoms with Crippen molar-refractivity contribution < 1.29 is 28.7 Å². The molecule has 0 aliphatic carbocycles. The minimum absolute atomic E-state index is 0.00903. The summed E-state index contributed by atoms with van der Waals surface area (Å²) in [7, 11) is 0. The third-order valence-corrected chi connectivity index (χ3v) is 5.08. The largest absolute Gasteiger partial charge is 0.424 e. The van der Waals surface area contributed by atoms with Gasteiger partial charge in [-0.3, -0.25) is 9.59 Å². The van der Waals surface area contributed by atoms with Crippen LogP contribution in [0.5, 0.6) is 0 Å². The van der Waals surface area contributed by atoms with E-state index in [0.29, 0.717) is 17.3 Å². The number of ketones is 2. The van der Waals surface area contributed by atoms with Crippen molar-refractivity contribution in [3.05, 3.63) is 35.9 Å². The summed E-state index contributed by atoms with van der Waals surface area (Å²) in [4.78, 5) is 47.4. The normalized spacial score (nSPS) is 12.2. The molecule has 142 valence electrons. The monoisotopic (exact) mass is 398 g/mol. The fraction of sp³-hybridized carbons (Fsp3) is 0.444. The molecule has 0 fully saturated rings. The van der Waals surface area contributed by atoms with Crippen molar-refractivity contribution in [2.45, 2.75) is 31.9 Å². The number of benzene rings is 1. The van der Waals surface area contributed by atoms with Crippen molar-refractivity contribution in [1.82, 2.24) is 0 Å². The lowest BCUT2D eigenvalue weighted by molar-refractivity contribution is -0.126. The first-order valence-corrected chi connectivity index (χ1v) is 9.34. The van der Waals surface area contributed by atoms with Crippen molar-refractivity contribution in [2.24, 2.45) is 5.92 Å². The Hall–Kier alpha value is -1.80. The Balaban J connectivity index is 2.46. The molecule has 26 heavy (non-hydrogen) atoms. The van der Waals surface area contributed by atoms with Crippen molar-refractivity contribution in [1.29, 1.82) is 0 Å². The van der Waals surface area contributed by atoms with E-state index in [-0.39, 0.29) is 23.7 Å². The van der Waals surface area contributed by atoms with E-state index < -0.39 is 28.7 Å². The topological polar surface area (TPSA) is 86.7 Å². The van der Waals surface area contributed by atoms with Gasteiger partial charge in [-0.05, 0) is 44.7 Å². The lowest BCUT2D eigenvalue weighted by Crippen LogP contribution is -2.33. The lowest BCUT2D eigenvalue weighted by Gasteiger charge is -2.22. The van der Waals surface area contributed by atoms with Crippen molar-refractivity contribution in [3.63, 3.8) is 0 Å². The van der Waals surface area contributed by atoms with Gasteiger partial charge in [-0.25, -0.2) is 9.59 Å². The van der Waals surface area contributed by atoms with E-state index >= 15 is 0 Å². The molecule has 0 saturated heterocycles. The predicted molar refractivity (Wildman–Crippen MR) is 103 cm³/mol. The van der Waals surface area contributed by atoms with Crippen LogP contribution in [0.3, 0.4) is 0 Å². The Morgan fingerprint density at radius 2 is 1.73 bits per heavy atom. The van der Waals surface area contributed by atoms with Crippen molar-refractivity contribution in [2.75, 3.05) is 12.5 Å². The third-order valence-electron chi connectivity index (χ3n) is 3.61. The van der Waals surface area contributed by atoms with Gasteiger partial charge in [0.25, 0.3) is 0 Å². The summed E-state index contributed by atoms with van der Waals surface area (Å²) in [6.45, 7) is 4.01. The second kappa shape index (κ2) is 10.4. The summed E-state index contributed by atoms with van der Waals surface area (Å²) in [5.41, 5.74) is 0.341. The molecule has 1 atom stereocenters. The quantitative estimate of drug-likeness (QED) is 0.387. The molecule has 0 aliphatic rings. The van der Waals surface area contributed by atoms with Crippen LogP contribution in [0.2, 0.25) is 0 Å². The number of hydrogen-bond donors (Lipinski definition) is 1. The molecule has 6 nitrogen and oxygen atoms in total. The number of hydrogen-bond acceptors (Lipinski definition) is 8. The highest BCUT2D eigenvalue weighted by atomic mass is 32.2. The van der Waals surface area contributed by atoms with Gasteiger partial charge in [-0.1, -0.05) is 18.2 Å². The molecule has 0 unspecified atom stereocenters. The fourth-order valence-corrected chi connectivity index (χ4v) is 3.00. The maximum Gasteiger partial charge on any atom is 0.371 e. The Morgan fingerprint density at radius 1 is 1.12 bits per heavy atom. The van der Waals surface area contributed by atoms with E-state index in [1.807, 2.05) is 0 Å². The van der Waals surface area contributed by atoms with Crippen molar-refractivity contribution in [3.8, 4) is 0 Å². The molecule has 0 heterocycles. The van der Waals surface area contributed by atoms with E-state index in [1.165, 1.54) is 6.92 Å². The predicted octanol–water partition coefficient (Wildman–Crippen LogP) is 3.54. The molecule has 1 rings (SSSR count). The van der Waals surface area contributed by atoms with E-state index in [2.05, 4.69) is 12.6 Å². The summed E-state index contributed by atoms with van der Waals surface area (Å²) in [5.74, 6) is -1.20. The van der Waals surface area contributed by atoms with Crippen LogP contribution in [0, 0.1) is 5.92 Å². The smallest absolute Gasteiger partial charge is 0.371 e. The minimum atomic E-state index is -1.07. The molecule has 1 aromatic carbocycles. The van der Waals surface area contributed by atoms with Gasteiger partial charge in [0.05, 0.1) is 10.3 Å². The van der Waals surface area contributed by atoms with Gasteiger partial charge in [-0.15, -0.1) is 0 Å².